The van der Waals surface area contributed by atoms with Crippen molar-refractivity contribution in [3.05, 3.63) is 57.3 Å². The summed E-state index contributed by atoms with van der Waals surface area (Å²) in [5.74, 6) is 0.325. The van der Waals surface area contributed by atoms with Crippen LogP contribution >= 0.6 is 0 Å². The predicted octanol–water partition coefficient (Wildman–Crippen LogP) is 2.27. The van der Waals surface area contributed by atoms with Crippen molar-refractivity contribution in [2.45, 2.75) is 26.2 Å². The summed E-state index contributed by atoms with van der Waals surface area (Å²) in [5.41, 5.74) is 2.05. The van der Waals surface area contributed by atoms with Gasteiger partial charge in [-0.15, -0.1) is 0 Å². The Kier molecular flexibility index (Phi) is 4.50. The Balaban J connectivity index is 2.20. The number of hydrogen-bond donors (Lipinski definition) is 1. The molecule has 4 nitrogen and oxygen atoms in total. The van der Waals surface area contributed by atoms with Crippen molar-refractivity contribution in [2.24, 2.45) is 0 Å². The first-order valence-corrected chi connectivity index (χ1v) is 6.54. The van der Waals surface area contributed by atoms with E-state index in [-0.39, 0.29) is 11.4 Å². The fourth-order valence-electron chi connectivity index (χ4n) is 2.07. The number of rotatable bonds is 5. The molecule has 0 aliphatic heterocycles. The van der Waals surface area contributed by atoms with E-state index < -0.39 is 0 Å². The fraction of sp³-hybridized carbons (Fsp3) is 0.333. The maximum Gasteiger partial charge on any atom is 0.267 e. The van der Waals surface area contributed by atoms with Crippen LogP contribution < -0.4 is 10.3 Å². The lowest BCUT2D eigenvalue weighted by atomic mass is 10.0. The van der Waals surface area contributed by atoms with Gasteiger partial charge in [-0.05, 0) is 49.1 Å². The van der Waals surface area contributed by atoms with E-state index in [1.54, 1.807) is 19.2 Å². The minimum absolute atomic E-state index is 0.197. The first kappa shape index (κ1) is 14.2. The lowest BCUT2D eigenvalue weighted by Gasteiger charge is -2.08. The van der Waals surface area contributed by atoms with Crippen LogP contribution in [0.4, 0.5) is 4.39 Å². The predicted molar refractivity (Wildman–Crippen MR) is 74.6 cm³/mol. The van der Waals surface area contributed by atoms with Crippen molar-refractivity contribution in [2.75, 3.05) is 7.11 Å². The third kappa shape index (κ3) is 3.23. The quantitative estimate of drug-likeness (QED) is 0.911. The Labute approximate surface area is 116 Å². The highest BCUT2D eigenvalue weighted by Gasteiger charge is 2.08. The van der Waals surface area contributed by atoms with Crippen molar-refractivity contribution < 1.29 is 9.13 Å². The third-order valence-electron chi connectivity index (χ3n) is 3.20. The van der Waals surface area contributed by atoms with Gasteiger partial charge in [0.05, 0.1) is 12.8 Å². The van der Waals surface area contributed by atoms with E-state index in [1.807, 2.05) is 6.92 Å². The zero-order chi connectivity index (χ0) is 14.5. The largest absolute Gasteiger partial charge is 0.496 e. The number of nitrogens with zero attached hydrogens (tertiary/aromatic N) is 1. The summed E-state index contributed by atoms with van der Waals surface area (Å²) >= 11 is 0. The van der Waals surface area contributed by atoms with Crippen LogP contribution in [0.25, 0.3) is 0 Å². The number of benzene rings is 1. The van der Waals surface area contributed by atoms with Crippen LogP contribution in [0.3, 0.4) is 0 Å². The van der Waals surface area contributed by atoms with Gasteiger partial charge in [0.1, 0.15) is 11.6 Å². The van der Waals surface area contributed by atoms with Gasteiger partial charge in [0.25, 0.3) is 5.56 Å². The van der Waals surface area contributed by atoms with Crippen LogP contribution in [-0.4, -0.2) is 17.3 Å². The molecule has 0 spiro atoms. The van der Waals surface area contributed by atoms with Gasteiger partial charge in [-0.25, -0.2) is 9.49 Å². The highest BCUT2D eigenvalue weighted by atomic mass is 19.1. The number of halogens is 1. The molecule has 0 bridgehead atoms. The summed E-state index contributed by atoms with van der Waals surface area (Å²) in [6, 6.07) is 6.19. The maximum atomic E-state index is 13.3. The van der Waals surface area contributed by atoms with Gasteiger partial charge in [0, 0.05) is 5.56 Å². The summed E-state index contributed by atoms with van der Waals surface area (Å²) < 4.78 is 18.5. The number of ether oxygens (including phenoxy) is 1. The molecule has 20 heavy (non-hydrogen) atoms. The van der Waals surface area contributed by atoms with E-state index in [9.17, 15) is 9.18 Å². The fourth-order valence-corrected chi connectivity index (χ4v) is 2.07. The highest BCUT2D eigenvalue weighted by molar-refractivity contribution is 5.34. The van der Waals surface area contributed by atoms with Crippen LogP contribution in [0, 0.1) is 5.82 Å². The molecule has 0 radical (unpaired) electrons. The molecule has 0 saturated carbocycles. The molecule has 1 N–H and O–H groups in total. The summed E-state index contributed by atoms with van der Waals surface area (Å²) in [6.07, 6.45) is 1.81. The first-order valence-electron chi connectivity index (χ1n) is 6.54. The van der Waals surface area contributed by atoms with Crippen LogP contribution in [0.2, 0.25) is 0 Å². The van der Waals surface area contributed by atoms with Gasteiger partial charge in [0.15, 0.2) is 0 Å². The Morgan fingerprint density at radius 3 is 2.70 bits per heavy atom. The van der Waals surface area contributed by atoms with Gasteiger partial charge in [-0.1, -0.05) is 6.92 Å². The summed E-state index contributed by atoms with van der Waals surface area (Å²) in [4.78, 5) is 11.7. The van der Waals surface area contributed by atoms with E-state index in [4.69, 9.17) is 4.74 Å². The minimum atomic E-state index is -0.307. The maximum absolute atomic E-state index is 13.3. The monoisotopic (exact) mass is 276 g/mol. The number of aryl methyl sites for hydroxylation is 3. The number of methoxy groups -OCH3 is 1. The molecule has 0 amide bonds. The Bertz CT molecular complexity index is 653. The summed E-state index contributed by atoms with van der Waals surface area (Å²) in [6.45, 7) is 1.97. The van der Waals surface area contributed by atoms with Crippen LogP contribution in [-0.2, 0) is 19.3 Å². The molecule has 106 valence electrons. The summed E-state index contributed by atoms with van der Waals surface area (Å²) in [7, 11) is 1.55. The number of hydrogen-bond acceptors (Lipinski definition) is 3. The lowest BCUT2D eigenvalue weighted by Crippen LogP contribution is -2.16. The molecule has 1 heterocycles. The molecule has 0 fully saturated rings. The highest BCUT2D eigenvalue weighted by Crippen LogP contribution is 2.20. The summed E-state index contributed by atoms with van der Waals surface area (Å²) in [5, 5.41) is 6.42. The second-order valence-electron chi connectivity index (χ2n) is 4.52. The topological polar surface area (TPSA) is 55.0 Å². The van der Waals surface area contributed by atoms with E-state index in [1.165, 1.54) is 12.1 Å². The van der Waals surface area contributed by atoms with Crippen LogP contribution in [0.5, 0.6) is 5.75 Å². The van der Waals surface area contributed by atoms with E-state index in [2.05, 4.69) is 10.2 Å². The van der Waals surface area contributed by atoms with Crippen molar-refractivity contribution in [3.63, 3.8) is 0 Å². The number of aromatic amines is 1. The molecule has 2 aromatic rings. The SMILES string of the molecule is CCc1cc(CCc2cc(F)ccc2OC)c(=O)[nH]n1. The van der Waals surface area contributed by atoms with Gasteiger partial charge in [0.2, 0.25) is 0 Å². The van der Waals surface area contributed by atoms with Gasteiger partial charge >= 0.3 is 0 Å². The van der Waals surface area contributed by atoms with E-state index in [0.717, 1.165) is 17.7 Å². The molecule has 0 unspecified atom stereocenters. The molecular weight excluding hydrogens is 259 g/mol. The van der Waals surface area contributed by atoms with Crippen LogP contribution in [0.1, 0.15) is 23.7 Å². The number of nitrogens with one attached hydrogen (secondary N) is 1. The van der Waals surface area contributed by atoms with Crippen molar-refractivity contribution >= 4 is 0 Å². The van der Waals surface area contributed by atoms with E-state index in [0.29, 0.717) is 24.2 Å². The zero-order valence-electron chi connectivity index (χ0n) is 11.6. The Hall–Kier alpha value is -2.17. The Morgan fingerprint density at radius 1 is 1.25 bits per heavy atom. The minimum Gasteiger partial charge on any atom is -0.496 e. The van der Waals surface area contributed by atoms with Crippen LogP contribution in [0.15, 0.2) is 29.1 Å². The van der Waals surface area contributed by atoms with Gasteiger partial charge < -0.3 is 4.74 Å². The molecule has 2 rings (SSSR count). The molecule has 0 saturated heterocycles. The van der Waals surface area contributed by atoms with E-state index >= 15 is 0 Å². The average molecular weight is 276 g/mol. The third-order valence-corrected chi connectivity index (χ3v) is 3.20. The average Bonchev–Trinajstić information content (AvgIpc) is 2.46. The number of aromatic nitrogens is 2. The molecule has 0 atom stereocenters. The smallest absolute Gasteiger partial charge is 0.267 e. The van der Waals surface area contributed by atoms with Crippen molar-refractivity contribution in [1.29, 1.82) is 0 Å². The second kappa shape index (κ2) is 6.32. The Morgan fingerprint density at radius 2 is 2.00 bits per heavy atom. The normalized spacial score (nSPS) is 10.6. The molecular formula is C15H17FN2O2. The zero-order valence-corrected chi connectivity index (χ0v) is 11.6. The molecule has 1 aromatic heterocycles. The molecule has 0 aliphatic rings. The number of H-pyrrole nitrogens is 1. The lowest BCUT2D eigenvalue weighted by molar-refractivity contribution is 0.408. The molecule has 1 aromatic carbocycles. The first-order chi connectivity index (χ1) is 9.63. The molecule has 5 heteroatoms. The molecule has 0 aliphatic carbocycles. The van der Waals surface area contributed by atoms with Crippen molar-refractivity contribution in [1.82, 2.24) is 10.2 Å². The van der Waals surface area contributed by atoms with Gasteiger partial charge in [-0.2, -0.15) is 5.10 Å². The van der Waals surface area contributed by atoms with Crippen molar-refractivity contribution in [3.8, 4) is 5.75 Å². The standard InChI is InChI=1S/C15H17FN2O2/c1-3-13-9-11(15(19)18-17-13)5-4-10-8-12(16)6-7-14(10)20-2/h6-9H,3-5H2,1-2H3,(H,18,19). The second-order valence-corrected chi connectivity index (χ2v) is 4.52. The van der Waals surface area contributed by atoms with Gasteiger partial charge in [-0.3, -0.25) is 4.79 Å².